The summed E-state index contributed by atoms with van der Waals surface area (Å²) in [6.07, 6.45) is 1.08. The number of nitrogens with zero attached hydrogens (tertiary/aromatic N) is 2. The van der Waals surface area contributed by atoms with Crippen molar-refractivity contribution in [3.05, 3.63) is 35.9 Å². The fourth-order valence-electron chi connectivity index (χ4n) is 2.91. The van der Waals surface area contributed by atoms with E-state index < -0.39 is 0 Å². The molecule has 2 aliphatic rings. The number of amides is 1. The number of carbonyl (C=O) groups excluding carboxylic acids is 1. The van der Waals surface area contributed by atoms with Gasteiger partial charge < -0.3 is 10.2 Å². The molecule has 2 saturated heterocycles. The van der Waals surface area contributed by atoms with Crippen LogP contribution < -0.4 is 5.32 Å². The van der Waals surface area contributed by atoms with E-state index in [1.165, 1.54) is 5.56 Å². The molecule has 0 unspecified atom stereocenters. The van der Waals surface area contributed by atoms with E-state index in [2.05, 4.69) is 45.4 Å². The van der Waals surface area contributed by atoms with Gasteiger partial charge in [0, 0.05) is 45.8 Å². The highest BCUT2D eigenvalue weighted by Gasteiger charge is 2.30. The molecule has 0 bridgehead atoms. The average Bonchev–Trinajstić information content (AvgIpc) is 2.63. The second-order valence-electron chi connectivity index (χ2n) is 5.80. The van der Waals surface area contributed by atoms with E-state index in [0.717, 1.165) is 52.2 Å². The first-order chi connectivity index (χ1) is 9.83. The summed E-state index contributed by atoms with van der Waals surface area (Å²) in [5.74, 6) is 0.584. The fourth-order valence-corrected chi connectivity index (χ4v) is 2.91. The Morgan fingerprint density at radius 1 is 1.10 bits per heavy atom. The van der Waals surface area contributed by atoms with Crippen molar-refractivity contribution in [1.29, 1.82) is 0 Å². The molecule has 2 heterocycles. The topological polar surface area (TPSA) is 35.6 Å². The van der Waals surface area contributed by atoms with Crippen LogP contribution in [0.2, 0.25) is 0 Å². The summed E-state index contributed by atoms with van der Waals surface area (Å²) in [6, 6.07) is 10.6. The molecule has 0 aliphatic carbocycles. The van der Waals surface area contributed by atoms with E-state index in [9.17, 15) is 4.79 Å². The number of hydrogen-bond donors (Lipinski definition) is 1. The average molecular weight is 310 g/mol. The Bertz CT molecular complexity index is 450. The number of carbonyl (C=O) groups is 1. The van der Waals surface area contributed by atoms with Crippen molar-refractivity contribution < 1.29 is 4.79 Å². The van der Waals surface area contributed by atoms with Crippen LogP contribution in [0, 0.1) is 5.92 Å². The molecule has 116 valence electrons. The maximum absolute atomic E-state index is 12.3. The number of benzene rings is 1. The van der Waals surface area contributed by atoms with Gasteiger partial charge in [0.1, 0.15) is 0 Å². The van der Waals surface area contributed by atoms with Gasteiger partial charge in [-0.15, -0.1) is 12.4 Å². The predicted octanol–water partition coefficient (Wildman–Crippen LogP) is 1.36. The van der Waals surface area contributed by atoms with Gasteiger partial charge in [0.2, 0.25) is 5.91 Å². The van der Waals surface area contributed by atoms with Gasteiger partial charge in [-0.1, -0.05) is 30.3 Å². The summed E-state index contributed by atoms with van der Waals surface area (Å²) in [5, 5.41) is 3.18. The van der Waals surface area contributed by atoms with Crippen molar-refractivity contribution in [3.8, 4) is 0 Å². The second kappa shape index (κ2) is 7.78. The Morgan fingerprint density at radius 3 is 2.52 bits per heavy atom. The van der Waals surface area contributed by atoms with Crippen LogP contribution >= 0.6 is 12.4 Å². The lowest BCUT2D eigenvalue weighted by Crippen LogP contribution is -2.52. The number of nitrogens with one attached hydrogen (secondary N) is 1. The van der Waals surface area contributed by atoms with Gasteiger partial charge in [0.25, 0.3) is 0 Å². The third kappa shape index (κ3) is 4.19. The van der Waals surface area contributed by atoms with Gasteiger partial charge in [-0.05, 0) is 12.0 Å². The quantitative estimate of drug-likeness (QED) is 0.916. The van der Waals surface area contributed by atoms with Crippen molar-refractivity contribution >= 4 is 18.3 Å². The lowest BCUT2D eigenvalue weighted by atomic mass is 10.0. The van der Waals surface area contributed by atoms with Crippen LogP contribution in [0.1, 0.15) is 12.0 Å². The lowest BCUT2D eigenvalue weighted by Gasteiger charge is -2.31. The Labute approximate surface area is 132 Å². The SMILES string of the molecule is Cl.O=C(C1CNC1)N1CCCN(Cc2ccccc2)CC1. The van der Waals surface area contributed by atoms with Crippen molar-refractivity contribution in [1.82, 2.24) is 15.1 Å². The molecule has 4 nitrogen and oxygen atoms in total. The highest BCUT2D eigenvalue weighted by molar-refractivity contribution is 5.85. The van der Waals surface area contributed by atoms with Crippen LogP contribution in [0.25, 0.3) is 0 Å². The van der Waals surface area contributed by atoms with Gasteiger partial charge in [0.15, 0.2) is 0 Å². The fraction of sp³-hybridized carbons (Fsp3) is 0.562. The van der Waals surface area contributed by atoms with E-state index in [0.29, 0.717) is 5.91 Å². The molecule has 0 atom stereocenters. The molecule has 3 rings (SSSR count). The zero-order valence-corrected chi connectivity index (χ0v) is 13.1. The predicted molar refractivity (Wildman–Crippen MR) is 86.5 cm³/mol. The first kappa shape index (κ1) is 16.3. The molecule has 1 N–H and O–H groups in total. The van der Waals surface area contributed by atoms with Crippen molar-refractivity contribution in [2.45, 2.75) is 13.0 Å². The van der Waals surface area contributed by atoms with Crippen molar-refractivity contribution in [2.75, 3.05) is 39.3 Å². The number of rotatable bonds is 3. The molecule has 0 saturated carbocycles. The van der Waals surface area contributed by atoms with Crippen LogP contribution in [0.4, 0.5) is 0 Å². The molecule has 21 heavy (non-hydrogen) atoms. The summed E-state index contributed by atoms with van der Waals surface area (Å²) in [6.45, 7) is 6.59. The van der Waals surface area contributed by atoms with Gasteiger partial charge in [0.05, 0.1) is 5.92 Å². The summed E-state index contributed by atoms with van der Waals surface area (Å²) < 4.78 is 0. The zero-order chi connectivity index (χ0) is 13.8. The third-order valence-corrected chi connectivity index (χ3v) is 4.28. The maximum Gasteiger partial charge on any atom is 0.228 e. The first-order valence-corrected chi connectivity index (χ1v) is 7.59. The molecule has 1 aromatic carbocycles. The lowest BCUT2D eigenvalue weighted by molar-refractivity contribution is -0.136. The molecule has 0 radical (unpaired) electrons. The number of hydrogen-bond acceptors (Lipinski definition) is 3. The second-order valence-corrected chi connectivity index (χ2v) is 5.80. The van der Waals surface area contributed by atoms with E-state index in [1.807, 2.05) is 0 Å². The minimum Gasteiger partial charge on any atom is -0.341 e. The Kier molecular flexibility index (Phi) is 6.03. The molecular formula is C16H24ClN3O. The van der Waals surface area contributed by atoms with Crippen LogP contribution in [-0.4, -0.2) is 55.0 Å². The van der Waals surface area contributed by atoms with Gasteiger partial charge in [-0.2, -0.15) is 0 Å². The van der Waals surface area contributed by atoms with Crippen molar-refractivity contribution in [2.24, 2.45) is 5.92 Å². The van der Waals surface area contributed by atoms with Gasteiger partial charge >= 0.3 is 0 Å². The van der Waals surface area contributed by atoms with Crippen molar-refractivity contribution in [3.63, 3.8) is 0 Å². The van der Waals surface area contributed by atoms with E-state index in [1.54, 1.807) is 0 Å². The monoisotopic (exact) mass is 309 g/mol. The zero-order valence-electron chi connectivity index (χ0n) is 12.3. The molecule has 0 spiro atoms. The summed E-state index contributed by atoms with van der Waals surface area (Å²) in [7, 11) is 0. The Balaban J connectivity index is 0.00000161. The molecule has 5 heteroatoms. The minimum atomic E-state index is 0. The summed E-state index contributed by atoms with van der Waals surface area (Å²) >= 11 is 0. The molecule has 1 amide bonds. The Morgan fingerprint density at radius 2 is 1.86 bits per heavy atom. The van der Waals surface area contributed by atoms with Crippen LogP contribution in [-0.2, 0) is 11.3 Å². The van der Waals surface area contributed by atoms with Gasteiger partial charge in [-0.3, -0.25) is 9.69 Å². The smallest absolute Gasteiger partial charge is 0.228 e. The van der Waals surface area contributed by atoms with Crippen LogP contribution in [0.15, 0.2) is 30.3 Å². The summed E-state index contributed by atoms with van der Waals surface area (Å²) in [5.41, 5.74) is 1.36. The minimum absolute atomic E-state index is 0. The maximum atomic E-state index is 12.3. The molecule has 1 aromatic rings. The standard InChI is InChI=1S/C16H23N3O.ClH/c20-16(15-11-17-12-15)19-8-4-7-18(9-10-19)13-14-5-2-1-3-6-14;/h1-3,5-6,15,17H,4,7-13H2;1H. The molecule has 2 aliphatic heterocycles. The van der Waals surface area contributed by atoms with E-state index >= 15 is 0 Å². The Hall–Kier alpha value is -1.10. The number of halogens is 1. The third-order valence-electron chi connectivity index (χ3n) is 4.28. The first-order valence-electron chi connectivity index (χ1n) is 7.59. The van der Waals surface area contributed by atoms with E-state index in [-0.39, 0.29) is 18.3 Å². The highest BCUT2D eigenvalue weighted by atomic mass is 35.5. The van der Waals surface area contributed by atoms with Crippen LogP contribution in [0.5, 0.6) is 0 Å². The van der Waals surface area contributed by atoms with E-state index in [4.69, 9.17) is 0 Å². The highest BCUT2D eigenvalue weighted by Crippen LogP contribution is 2.13. The molecular weight excluding hydrogens is 286 g/mol. The largest absolute Gasteiger partial charge is 0.341 e. The van der Waals surface area contributed by atoms with Crippen LogP contribution in [0.3, 0.4) is 0 Å². The normalized spacial score (nSPS) is 20.3. The molecule has 2 fully saturated rings. The molecule has 0 aromatic heterocycles. The van der Waals surface area contributed by atoms with Gasteiger partial charge in [-0.25, -0.2) is 0 Å². The summed E-state index contributed by atoms with van der Waals surface area (Å²) in [4.78, 5) is 16.8.